The molecular formula is C7H14O4. The van der Waals surface area contributed by atoms with Crippen LogP contribution in [-0.2, 0) is 14.3 Å². The Labute approximate surface area is 66.1 Å². The molecule has 0 heterocycles. The van der Waals surface area contributed by atoms with E-state index in [1.165, 1.54) is 0 Å². The number of carbonyl (C=O) groups is 1. The topological polar surface area (TPSA) is 55.8 Å². The Balaban J connectivity index is 2.85. The molecule has 0 fully saturated rings. The molecule has 0 saturated heterocycles. The molecule has 1 N–H and O–H groups in total. The standard InChI is InChI=1S/C7H14O4/c1-10-4-2-3-5-11-6-7(8)9/h2-6H2,1H3,(H,8,9). The Kier molecular flexibility index (Phi) is 7.08. The number of methoxy groups -OCH3 is 1. The van der Waals surface area contributed by atoms with Crippen molar-refractivity contribution in [2.75, 3.05) is 26.9 Å². The minimum atomic E-state index is -0.920. The van der Waals surface area contributed by atoms with Gasteiger partial charge in [-0.05, 0) is 12.8 Å². The van der Waals surface area contributed by atoms with E-state index < -0.39 is 5.97 Å². The smallest absolute Gasteiger partial charge is 0.329 e. The number of hydrogen-bond acceptors (Lipinski definition) is 3. The van der Waals surface area contributed by atoms with E-state index in [1.807, 2.05) is 0 Å². The van der Waals surface area contributed by atoms with Crippen molar-refractivity contribution in [1.82, 2.24) is 0 Å². The van der Waals surface area contributed by atoms with Crippen LogP contribution in [-0.4, -0.2) is 38.0 Å². The van der Waals surface area contributed by atoms with Crippen molar-refractivity contribution in [1.29, 1.82) is 0 Å². The van der Waals surface area contributed by atoms with Crippen molar-refractivity contribution < 1.29 is 19.4 Å². The summed E-state index contributed by atoms with van der Waals surface area (Å²) in [5.41, 5.74) is 0. The van der Waals surface area contributed by atoms with Gasteiger partial charge in [-0.15, -0.1) is 0 Å². The molecule has 0 atom stereocenters. The predicted molar refractivity (Wildman–Crippen MR) is 39.6 cm³/mol. The maximum atomic E-state index is 9.94. The highest BCUT2D eigenvalue weighted by atomic mass is 16.5. The second kappa shape index (κ2) is 7.50. The number of unbranched alkanes of at least 4 members (excludes halogenated alkanes) is 1. The number of rotatable bonds is 7. The van der Waals surface area contributed by atoms with Crippen molar-refractivity contribution in [2.45, 2.75) is 12.8 Å². The normalized spacial score (nSPS) is 9.91. The highest BCUT2D eigenvalue weighted by Gasteiger charge is 1.94. The van der Waals surface area contributed by atoms with Crippen LogP contribution in [0.3, 0.4) is 0 Å². The van der Waals surface area contributed by atoms with E-state index in [-0.39, 0.29) is 6.61 Å². The number of ether oxygens (including phenoxy) is 2. The molecule has 4 nitrogen and oxygen atoms in total. The lowest BCUT2D eigenvalue weighted by atomic mass is 10.3. The Bertz CT molecular complexity index is 103. The van der Waals surface area contributed by atoms with Gasteiger partial charge < -0.3 is 14.6 Å². The summed E-state index contributed by atoms with van der Waals surface area (Å²) in [5, 5.41) is 8.17. The van der Waals surface area contributed by atoms with E-state index in [0.29, 0.717) is 13.2 Å². The van der Waals surface area contributed by atoms with Crippen LogP contribution < -0.4 is 0 Å². The minimum absolute atomic E-state index is 0.201. The molecule has 0 aromatic rings. The second-order valence-electron chi connectivity index (χ2n) is 2.15. The molecule has 0 unspecified atom stereocenters. The van der Waals surface area contributed by atoms with Crippen LogP contribution in [0.25, 0.3) is 0 Å². The molecule has 11 heavy (non-hydrogen) atoms. The Morgan fingerprint density at radius 2 is 2.00 bits per heavy atom. The Hall–Kier alpha value is -0.610. The van der Waals surface area contributed by atoms with Gasteiger partial charge in [-0.1, -0.05) is 0 Å². The molecule has 66 valence electrons. The molecule has 0 amide bonds. The largest absolute Gasteiger partial charge is 0.480 e. The fraction of sp³-hybridized carbons (Fsp3) is 0.857. The first-order chi connectivity index (χ1) is 5.27. The average molecular weight is 162 g/mol. The van der Waals surface area contributed by atoms with Crippen LogP contribution in [0.1, 0.15) is 12.8 Å². The summed E-state index contributed by atoms with van der Waals surface area (Å²) in [7, 11) is 1.64. The SMILES string of the molecule is COCCCCOCC(=O)O. The van der Waals surface area contributed by atoms with Crippen LogP contribution in [0, 0.1) is 0 Å². The van der Waals surface area contributed by atoms with Gasteiger partial charge in [0.2, 0.25) is 0 Å². The lowest BCUT2D eigenvalue weighted by Gasteiger charge is -1.99. The van der Waals surface area contributed by atoms with Crippen LogP contribution in [0.15, 0.2) is 0 Å². The van der Waals surface area contributed by atoms with Crippen LogP contribution in [0.2, 0.25) is 0 Å². The Morgan fingerprint density at radius 3 is 2.55 bits per heavy atom. The average Bonchev–Trinajstić information content (AvgIpc) is 1.96. The molecule has 0 aliphatic heterocycles. The van der Waals surface area contributed by atoms with Gasteiger partial charge in [-0.3, -0.25) is 0 Å². The van der Waals surface area contributed by atoms with E-state index in [2.05, 4.69) is 0 Å². The van der Waals surface area contributed by atoms with Gasteiger partial charge in [0.15, 0.2) is 0 Å². The summed E-state index contributed by atoms with van der Waals surface area (Å²) in [6.45, 7) is 0.999. The molecule has 0 aromatic carbocycles. The zero-order valence-electron chi connectivity index (χ0n) is 6.71. The van der Waals surface area contributed by atoms with Crippen molar-refractivity contribution in [3.8, 4) is 0 Å². The highest BCUT2D eigenvalue weighted by Crippen LogP contribution is 1.89. The van der Waals surface area contributed by atoms with E-state index in [4.69, 9.17) is 14.6 Å². The highest BCUT2D eigenvalue weighted by molar-refractivity contribution is 5.67. The van der Waals surface area contributed by atoms with Gasteiger partial charge in [0.1, 0.15) is 6.61 Å². The second-order valence-corrected chi connectivity index (χ2v) is 2.15. The zero-order chi connectivity index (χ0) is 8.53. The summed E-state index contributed by atoms with van der Waals surface area (Å²) in [6, 6.07) is 0. The monoisotopic (exact) mass is 162 g/mol. The lowest BCUT2D eigenvalue weighted by molar-refractivity contribution is -0.142. The van der Waals surface area contributed by atoms with Crippen LogP contribution in [0.5, 0.6) is 0 Å². The maximum Gasteiger partial charge on any atom is 0.329 e. The van der Waals surface area contributed by atoms with Crippen LogP contribution >= 0.6 is 0 Å². The third-order valence-corrected chi connectivity index (χ3v) is 1.11. The first-order valence-electron chi connectivity index (χ1n) is 3.56. The van der Waals surface area contributed by atoms with Gasteiger partial charge >= 0.3 is 5.97 Å². The molecule has 0 aliphatic carbocycles. The fourth-order valence-corrected chi connectivity index (χ4v) is 0.610. The van der Waals surface area contributed by atoms with Gasteiger partial charge in [0, 0.05) is 20.3 Å². The van der Waals surface area contributed by atoms with E-state index in [0.717, 1.165) is 12.8 Å². The summed E-state index contributed by atoms with van der Waals surface area (Å²) in [5.74, 6) is -0.920. The van der Waals surface area contributed by atoms with Crippen molar-refractivity contribution in [3.63, 3.8) is 0 Å². The fourth-order valence-electron chi connectivity index (χ4n) is 0.610. The van der Waals surface area contributed by atoms with Gasteiger partial charge in [0.05, 0.1) is 0 Å². The Morgan fingerprint density at radius 1 is 1.36 bits per heavy atom. The van der Waals surface area contributed by atoms with Crippen molar-refractivity contribution in [3.05, 3.63) is 0 Å². The lowest BCUT2D eigenvalue weighted by Crippen LogP contribution is -2.07. The summed E-state index contributed by atoms with van der Waals surface area (Å²) >= 11 is 0. The maximum absolute atomic E-state index is 9.94. The van der Waals surface area contributed by atoms with Crippen molar-refractivity contribution >= 4 is 5.97 Å². The molecule has 0 radical (unpaired) electrons. The van der Waals surface area contributed by atoms with E-state index in [1.54, 1.807) is 7.11 Å². The number of carboxylic acids is 1. The van der Waals surface area contributed by atoms with Gasteiger partial charge in [0.25, 0.3) is 0 Å². The summed E-state index contributed by atoms with van der Waals surface area (Å²) in [6.07, 6.45) is 1.76. The molecule has 0 saturated carbocycles. The molecule has 0 rings (SSSR count). The zero-order valence-corrected chi connectivity index (χ0v) is 6.71. The first-order valence-corrected chi connectivity index (χ1v) is 3.56. The predicted octanol–water partition coefficient (Wildman–Crippen LogP) is 0.514. The third-order valence-electron chi connectivity index (χ3n) is 1.11. The quantitative estimate of drug-likeness (QED) is 0.554. The van der Waals surface area contributed by atoms with Gasteiger partial charge in [-0.2, -0.15) is 0 Å². The molecular weight excluding hydrogens is 148 g/mol. The number of aliphatic carboxylic acids is 1. The number of hydrogen-bond donors (Lipinski definition) is 1. The van der Waals surface area contributed by atoms with E-state index >= 15 is 0 Å². The number of carboxylic acid groups (broad SMARTS) is 1. The molecule has 4 heteroatoms. The molecule has 0 aliphatic rings. The van der Waals surface area contributed by atoms with E-state index in [9.17, 15) is 4.79 Å². The van der Waals surface area contributed by atoms with Gasteiger partial charge in [-0.25, -0.2) is 4.79 Å². The summed E-state index contributed by atoms with van der Waals surface area (Å²) < 4.78 is 9.58. The summed E-state index contributed by atoms with van der Waals surface area (Å²) in [4.78, 5) is 9.94. The molecule has 0 aromatic heterocycles. The molecule has 0 bridgehead atoms. The van der Waals surface area contributed by atoms with Crippen LogP contribution in [0.4, 0.5) is 0 Å². The third kappa shape index (κ3) is 9.39. The minimum Gasteiger partial charge on any atom is -0.480 e. The first kappa shape index (κ1) is 10.4. The van der Waals surface area contributed by atoms with Crippen molar-refractivity contribution in [2.24, 2.45) is 0 Å². The molecule has 0 spiro atoms.